The molecule has 0 N–H and O–H groups in total. The van der Waals surface area contributed by atoms with Gasteiger partial charge >= 0.3 is 0 Å². The van der Waals surface area contributed by atoms with Crippen LogP contribution < -0.4 is 4.74 Å². The first-order chi connectivity index (χ1) is 17.5. The van der Waals surface area contributed by atoms with E-state index < -0.39 is 16.1 Å². The van der Waals surface area contributed by atoms with Crippen LogP contribution in [-0.4, -0.2) is 42.8 Å². The molecule has 2 fully saturated rings. The second-order valence-electron chi connectivity index (χ2n) is 9.38. The number of rotatable bonds is 6. The van der Waals surface area contributed by atoms with Crippen LogP contribution in [0.3, 0.4) is 0 Å². The Balaban J connectivity index is 1.22. The van der Waals surface area contributed by atoms with Crippen LogP contribution in [0.2, 0.25) is 0 Å². The summed E-state index contributed by atoms with van der Waals surface area (Å²) in [4.78, 5) is 8.64. The lowest BCUT2D eigenvalue weighted by Crippen LogP contribution is -2.32. The van der Waals surface area contributed by atoms with Crippen LogP contribution in [0.5, 0.6) is 5.75 Å². The molecule has 1 aliphatic heterocycles. The Hall–Kier alpha value is -3.27. The molecule has 2 aliphatic rings. The Bertz CT molecular complexity index is 1470. The number of fused-ring (bicyclic) bond motifs is 2. The van der Waals surface area contributed by atoms with Gasteiger partial charge in [-0.1, -0.05) is 42.5 Å². The van der Waals surface area contributed by atoms with Gasteiger partial charge in [-0.3, -0.25) is 0 Å². The summed E-state index contributed by atoms with van der Waals surface area (Å²) in [6.07, 6.45) is 4.59. The van der Waals surface area contributed by atoms with Gasteiger partial charge < -0.3 is 18.8 Å². The summed E-state index contributed by atoms with van der Waals surface area (Å²) < 4.78 is 46.1. The van der Waals surface area contributed by atoms with E-state index in [0.717, 1.165) is 29.7 Å². The van der Waals surface area contributed by atoms with Crippen LogP contribution in [-0.2, 0) is 25.1 Å². The highest BCUT2D eigenvalue weighted by Gasteiger charge is 2.42. The molecule has 2 aromatic heterocycles. The van der Waals surface area contributed by atoms with Gasteiger partial charge in [0.1, 0.15) is 17.7 Å². The SMILES string of the molecule is COc1ccc(C2OC[C@@H]3C[C@@H](n4ccc5c(S(=O)(=O)Cc6ccccc6)ncnc54)C[C@@H]3O2)cc1. The Morgan fingerprint density at radius 1 is 1.03 bits per heavy atom. The smallest absolute Gasteiger partial charge is 0.200 e. The van der Waals surface area contributed by atoms with E-state index in [1.165, 1.54) is 6.33 Å². The first-order valence-electron chi connectivity index (χ1n) is 12.0. The Labute approximate surface area is 209 Å². The fraction of sp³-hybridized carbons (Fsp3) is 0.333. The van der Waals surface area contributed by atoms with E-state index in [9.17, 15) is 8.42 Å². The molecule has 36 heavy (non-hydrogen) atoms. The van der Waals surface area contributed by atoms with Gasteiger partial charge in [0.25, 0.3) is 0 Å². The van der Waals surface area contributed by atoms with Gasteiger partial charge in [-0.15, -0.1) is 0 Å². The monoisotopic (exact) mass is 505 g/mol. The van der Waals surface area contributed by atoms with Gasteiger partial charge in [-0.25, -0.2) is 18.4 Å². The second kappa shape index (κ2) is 9.31. The minimum Gasteiger partial charge on any atom is -0.497 e. The van der Waals surface area contributed by atoms with Crippen LogP contribution in [0.4, 0.5) is 0 Å². The highest BCUT2D eigenvalue weighted by atomic mass is 32.2. The van der Waals surface area contributed by atoms with Crippen molar-refractivity contribution in [1.82, 2.24) is 14.5 Å². The summed E-state index contributed by atoms with van der Waals surface area (Å²) in [6, 6.07) is 18.8. The second-order valence-corrected chi connectivity index (χ2v) is 11.3. The third-order valence-corrected chi connectivity index (χ3v) is 8.74. The summed E-state index contributed by atoms with van der Waals surface area (Å²) in [5.41, 5.74) is 2.32. The molecule has 0 spiro atoms. The Morgan fingerprint density at radius 2 is 1.83 bits per heavy atom. The van der Waals surface area contributed by atoms with Crippen molar-refractivity contribution in [2.45, 2.75) is 42.1 Å². The molecule has 1 unspecified atom stereocenters. The standard InChI is InChI=1S/C27H27N3O5S/c1-33-22-9-7-19(8-10-22)27-34-15-20-13-21(14-24(20)35-27)30-12-11-23-25(30)28-17-29-26(23)36(31,32)16-18-5-3-2-4-6-18/h2-12,17,20-21,24,27H,13-16H2,1H3/t20-,21+,24-,27?/m0/s1. The van der Waals surface area contributed by atoms with Crippen molar-refractivity contribution >= 4 is 20.9 Å². The summed E-state index contributed by atoms with van der Waals surface area (Å²) >= 11 is 0. The zero-order valence-electron chi connectivity index (χ0n) is 19.9. The molecule has 2 aromatic carbocycles. The average Bonchev–Trinajstić information content (AvgIpc) is 3.52. The highest BCUT2D eigenvalue weighted by Crippen LogP contribution is 2.44. The van der Waals surface area contributed by atoms with Crippen molar-refractivity contribution in [2.75, 3.05) is 13.7 Å². The zero-order chi connectivity index (χ0) is 24.7. The molecule has 6 rings (SSSR count). The quantitative estimate of drug-likeness (QED) is 0.357. The topological polar surface area (TPSA) is 92.5 Å². The van der Waals surface area contributed by atoms with E-state index in [1.807, 2.05) is 66.9 Å². The highest BCUT2D eigenvalue weighted by molar-refractivity contribution is 7.90. The van der Waals surface area contributed by atoms with Crippen LogP contribution in [0.25, 0.3) is 11.0 Å². The molecule has 4 aromatic rings. The van der Waals surface area contributed by atoms with Crippen molar-refractivity contribution in [3.63, 3.8) is 0 Å². The predicted octanol–water partition coefficient (Wildman–Crippen LogP) is 4.48. The van der Waals surface area contributed by atoms with Crippen molar-refractivity contribution < 1.29 is 22.6 Å². The number of methoxy groups -OCH3 is 1. The van der Waals surface area contributed by atoms with Crippen LogP contribution in [0, 0.1) is 5.92 Å². The summed E-state index contributed by atoms with van der Waals surface area (Å²) in [7, 11) is -1.99. The van der Waals surface area contributed by atoms with Gasteiger partial charge in [-0.2, -0.15) is 0 Å². The maximum absolute atomic E-state index is 13.2. The van der Waals surface area contributed by atoms with Gasteiger partial charge in [-0.05, 0) is 36.6 Å². The van der Waals surface area contributed by atoms with E-state index in [-0.39, 0.29) is 28.8 Å². The van der Waals surface area contributed by atoms with Crippen LogP contribution >= 0.6 is 0 Å². The first kappa shape index (κ1) is 23.1. The fourth-order valence-corrected chi connectivity index (χ4v) is 6.79. The first-order valence-corrected chi connectivity index (χ1v) is 13.7. The summed E-state index contributed by atoms with van der Waals surface area (Å²) in [5.74, 6) is 0.960. The molecule has 3 heterocycles. The predicted molar refractivity (Wildman–Crippen MR) is 133 cm³/mol. The van der Waals surface area contributed by atoms with Crippen molar-refractivity contribution in [2.24, 2.45) is 5.92 Å². The zero-order valence-corrected chi connectivity index (χ0v) is 20.7. The van der Waals surface area contributed by atoms with E-state index in [0.29, 0.717) is 17.6 Å². The van der Waals surface area contributed by atoms with Gasteiger partial charge in [0.05, 0.1) is 31.0 Å². The minimum atomic E-state index is -3.63. The lowest BCUT2D eigenvalue weighted by atomic mass is 10.1. The van der Waals surface area contributed by atoms with E-state index in [1.54, 1.807) is 7.11 Å². The van der Waals surface area contributed by atoms with Gasteiger partial charge in [0, 0.05) is 23.7 Å². The average molecular weight is 506 g/mol. The van der Waals surface area contributed by atoms with E-state index in [4.69, 9.17) is 14.2 Å². The molecule has 0 bridgehead atoms. The molecule has 8 nitrogen and oxygen atoms in total. The summed E-state index contributed by atoms with van der Waals surface area (Å²) in [5, 5.41) is 0.626. The van der Waals surface area contributed by atoms with Gasteiger partial charge in [0.2, 0.25) is 9.84 Å². The number of ether oxygens (including phenoxy) is 3. The Morgan fingerprint density at radius 3 is 2.61 bits per heavy atom. The summed E-state index contributed by atoms with van der Waals surface area (Å²) in [6.45, 7) is 0.614. The number of nitrogens with zero attached hydrogens (tertiary/aromatic N) is 3. The maximum atomic E-state index is 13.2. The normalized spacial score (nSPS) is 24.0. The number of aromatic nitrogens is 3. The third kappa shape index (κ3) is 4.27. The molecule has 0 amide bonds. The molecule has 0 radical (unpaired) electrons. The minimum absolute atomic E-state index is 0.0522. The number of hydrogen-bond acceptors (Lipinski definition) is 7. The van der Waals surface area contributed by atoms with E-state index in [2.05, 4.69) is 14.5 Å². The molecule has 4 atom stereocenters. The molecule has 1 aliphatic carbocycles. The lowest BCUT2D eigenvalue weighted by molar-refractivity contribution is -0.233. The number of benzene rings is 2. The largest absolute Gasteiger partial charge is 0.497 e. The van der Waals surface area contributed by atoms with E-state index >= 15 is 0 Å². The van der Waals surface area contributed by atoms with Crippen molar-refractivity contribution in [3.8, 4) is 5.75 Å². The number of sulfone groups is 1. The molecule has 1 saturated heterocycles. The van der Waals surface area contributed by atoms with Crippen molar-refractivity contribution in [1.29, 1.82) is 0 Å². The lowest BCUT2D eigenvalue weighted by Gasteiger charge is -2.32. The molecule has 9 heteroatoms. The van der Waals surface area contributed by atoms with Crippen LogP contribution in [0.1, 0.15) is 36.3 Å². The van der Waals surface area contributed by atoms with Crippen molar-refractivity contribution in [3.05, 3.63) is 84.3 Å². The molecule has 1 saturated carbocycles. The van der Waals surface area contributed by atoms with Crippen LogP contribution in [0.15, 0.2) is 78.2 Å². The van der Waals surface area contributed by atoms with Gasteiger partial charge in [0.15, 0.2) is 11.3 Å². The number of hydrogen-bond donors (Lipinski definition) is 0. The fourth-order valence-electron chi connectivity index (χ4n) is 5.32. The molecule has 186 valence electrons. The maximum Gasteiger partial charge on any atom is 0.200 e. The third-order valence-electron chi connectivity index (χ3n) is 7.11. The molecular formula is C27H27N3O5S. The Kier molecular flexibility index (Phi) is 5.99. The molecular weight excluding hydrogens is 478 g/mol.